The van der Waals surface area contributed by atoms with Gasteiger partial charge in [-0.2, -0.15) is 0 Å². The van der Waals surface area contributed by atoms with Crippen molar-refractivity contribution < 1.29 is 18.7 Å². The normalized spacial score (nSPS) is 14.2. The van der Waals surface area contributed by atoms with Gasteiger partial charge in [-0.1, -0.05) is 0 Å². The third-order valence-electron chi connectivity index (χ3n) is 2.48. The number of benzene rings is 1. The lowest BCUT2D eigenvalue weighted by Gasteiger charge is -2.12. The van der Waals surface area contributed by atoms with Crippen molar-refractivity contribution in [1.82, 2.24) is 5.32 Å². The van der Waals surface area contributed by atoms with Gasteiger partial charge in [-0.05, 0) is 19.2 Å². The third kappa shape index (κ3) is 2.39. The molecule has 0 aromatic heterocycles. The highest BCUT2D eigenvalue weighted by molar-refractivity contribution is 6.01. The van der Waals surface area contributed by atoms with Crippen molar-refractivity contribution in [3.05, 3.63) is 23.5 Å². The number of ether oxygens (including phenoxy) is 2. The standard InChI is InChI=1S/C12H14FNO3/c1-14-7-9(15)11-8(13)3-4-10-12(11)17-6-2-5-16-10/h3-4,14H,2,5-7H2,1H3. The van der Waals surface area contributed by atoms with Crippen molar-refractivity contribution >= 4 is 5.78 Å². The zero-order chi connectivity index (χ0) is 12.3. The third-order valence-corrected chi connectivity index (χ3v) is 2.48. The summed E-state index contributed by atoms with van der Waals surface area (Å²) in [5.41, 5.74) is -0.0289. The molecule has 5 heteroatoms. The van der Waals surface area contributed by atoms with Crippen LogP contribution in [0.25, 0.3) is 0 Å². The summed E-state index contributed by atoms with van der Waals surface area (Å²) in [5, 5.41) is 2.70. The molecule has 2 rings (SSSR count). The van der Waals surface area contributed by atoms with Crippen LogP contribution in [0.2, 0.25) is 0 Å². The lowest BCUT2D eigenvalue weighted by atomic mass is 10.1. The van der Waals surface area contributed by atoms with Gasteiger partial charge in [0.2, 0.25) is 0 Å². The minimum atomic E-state index is -0.575. The molecule has 0 amide bonds. The summed E-state index contributed by atoms with van der Waals surface area (Å²) in [6.07, 6.45) is 0.718. The van der Waals surface area contributed by atoms with E-state index in [1.165, 1.54) is 12.1 Å². The van der Waals surface area contributed by atoms with Gasteiger partial charge in [0.15, 0.2) is 17.3 Å². The first-order chi connectivity index (χ1) is 8.24. The van der Waals surface area contributed by atoms with Gasteiger partial charge in [-0.15, -0.1) is 0 Å². The van der Waals surface area contributed by atoms with Crippen LogP contribution >= 0.6 is 0 Å². The van der Waals surface area contributed by atoms with Crippen molar-refractivity contribution in [3.63, 3.8) is 0 Å². The Balaban J connectivity index is 2.45. The first-order valence-corrected chi connectivity index (χ1v) is 5.50. The number of Topliss-reactive ketones (excluding diaryl/α,β-unsaturated/α-hetero) is 1. The summed E-state index contributed by atoms with van der Waals surface area (Å²) in [7, 11) is 1.63. The van der Waals surface area contributed by atoms with E-state index in [0.717, 1.165) is 6.42 Å². The molecule has 0 atom stereocenters. The molecule has 1 aliphatic rings. The molecule has 0 saturated heterocycles. The van der Waals surface area contributed by atoms with Gasteiger partial charge in [0.05, 0.1) is 19.8 Å². The second-order valence-electron chi connectivity index (χ2n) is 3.75. The molecule has 17 heavy (non-hydrogen) atoms. The van der Waals surface area contributed by atoms with E-state index in [0.29, 0.717) is 19.0 Å². The molecule has 0 radical (unpaired) electrons. The average Bonchev–Trinajstić information content (AvgIpc) is 2.54. The van der Waals surface area contributed by atoms with Gasteiger partial charge in [0, 0.05) is 6.42 Å². The van der Waals surface area contributed by atoms with Crippen LogP contribution in [0.3, 0.4) is 0 Å². The number of fused-ring (bicyclic) bond motifs is 1. The van der Waals surface area contributed by atoms with Crippen LogP contribution in [0.1, 0.15) is 16.8 Å². The van der Waals surface area contributed by atoms with E-state index in [9.17, 15) is 9.18 Å². The molecule has 1 heterocycles. The monoisotopic (exact) mass is 239 g/mol. The molecule has 0 spiro atoms. The summed E-state index contributed by atoms with van der Waals surface area (Å²) in [5.74, 6) is -0.257. The lowest BCUT2D eigenvalue weighted by Crippen LogP contribution is -2.20. The molecule has 1 aromatic carbocycles. The maximum Gasteiger partial charge on any atom is 0.183 e. The maximum atomic E-state index is 13.7. The van der Waals surface area contributed by atoms with E-state index in [2.05, 4.69) is 5.32 Å². The smallest absolute Gasteiger partial charge is 0.183 e. The van der Waals surface area contributed by atoms with Gasteiger partial charge in [-0.3, -0.25) is 4.79 Å². The summed E-state index contributed by atoms with van der Waals surface area (Å²) in [6.45, 7) is 1.01. The molecule has 1 N–H and O–H groups in total. The highest BCUT2D eigenvalue weighted by atomic mass is 19.1. The predicted molar refractivity (Wildman–Crippen MR) is 60.3 cm³/mol. The minimum absolute atomic E-state index is 0.0289. The molecule has 92 valence electrons. The Kier molecular flexibility index (Phi) is 3.58. The van der Waals surface area contributed by atoms with Crippen LogP contribution in [0.15, 0.2) is 12.1 Å². The summed E-state index contributed by atoms with van der Waals surface area (Å²) in [4.78, 5) is 11.8. The quantitative estimate of drug-likeness (QED) is 0.810. The zero-order valence-corrected chi connectivity index (χ0v) is 9.59. The van der Waals surface area contributed by atoms with E-state index in [-0.39, 0.29) is 23.6 Å². The summed E-state index contributed by atoms with van der Waals surface area (Å²) < 4.78 is 24.5. The molecule has 0 fully saturated rings. The summed E-state index contributed by atoms with van der Waals surface area (Å²) >= 11 is 0. The highest BCUT2D eigenvalue weighted by Gasteiger charge is 2.23. The first kappa shape index (κ1) is 11.9. The topological polar surface area (TPSA) is 47.6 Å². The van der Waals surface area contributed by atoms with Crippen molar-refractivity contribution in [2.24, 2.45) is 0 Å². The van der Waals surface area contributed by atoms with Gasteiger partial charge in [0.1, 0.15) is 11.4 Å². The number of halogens is 1. The first-order valence-electron chi connectivity index (χ1n) is 5.50. The number of likely N-dealkylation sites (N-methyl/N-ethyl adjacent to an activating group) is 1. The molecule has 0 saturated carbocycles. The van der Waals surface area contributed by atoms with E-state index in [1.807, 2.05) is 0 Å². The second-order valence-corrected chi connectivity index (χ2v) is 3.75. The van der Waals surface area contributed by atoms with Crippen LogP contribution in [0.5, 0.6) is 11.5 Å². The van der Waals surface area contributed by atoms with Crippen molar-refractivity contribution in [1.29, 1.82) is 0 Å². The summed E-state index contributed by atoms with van der Waals surface area (Å²) in [6, 6.07) is 2.72. The number of hydrogen-bond acceptors (Lipinski definition) is 4. The highest BCUT2D eigenvalue weighted by Crippen LogP contribution is 2.35. The molecule has 1 aliphatic heterocycles. The van der Waals surface area contributed by atoms with E-state index in [4.69, 9.17) is 9.47 Å². The molecule has 0 bridgehead atoms. The van der Waals surface area contributed by atoms with Gasteiger partial charge >= 0.3 is 0 Å². The minimum Gasteiger partial charge on any atom is -0.490 e. The van der Waals surface area contributed by atoms with E-state index in [1.54, 1.807) is 7.05 Å². The van der Waals surface area contributed by atoms with Gasteiger partial charge in [0.25, 0.3) is 0 Å². The Labute approximate surface area is 98.7 Å². The zero-order valence-electron chi connectivity index (χ0n) is 9.59. The number of carbonyl (C=O) groups is 1. The van der Waals surface area contributed by atoms with Gasteiger partial charge < -0.3 is 14.8 Å². The SMILES string of the molecule is CNCC(=O)c1c(F)ccc2c1OCCCO2. The van der Waals surface area contributed by atoms with Crippen LogP contribution < -0.4 is 14.8 Å². The van der Waals surface area contributed by atoms with E-state index >= 15 is 0 Å². The van der Waals surface area contributed by atoms with Crippen LogP contribution in [-0.4, -0.2) is 32.6 Å². The van der Waals surface area contributed by atoms with E-state index < -0.39 is 5.82 Å². The van der Waals surface area contributed by atoms with Crippen molar-refractivity contribution in [2.45, 2.75) is 6.42 Å². The Bertz CT molecular complexity index is 434. The average molecular weight is 239 g/mol. The molecule has 0 unspecified atom stereocenters. The van der Waals surface area contributed by atoms with Crippen molar-refractivity contribution in [2.75, 3.05) is 26.8 Å². The molecular weight excluding hydrogens is 225 g/mol. The molecule has 0 aliphatic carbocycles. The van der Waals surface area contributed by atoms with Crippen LogP contribution in [-0.2, 0) is 0 Å². The van der Waals surface area contributed by atoms with Crippen LogP contribution in [0.4, 0.5) is 4.39 Å². The molecule has 4 nitrogen and oxygen atoms in total. The fraction of sp³-hybridized carbons (Fsp3) is 0.417. The Morgan fingerprint density at radius 2 is 2.18 bits per heavy atom. The molecular formula is C12H14FNO3. The largest absolute Gasteiger partial charge is 0.490 e. The second kappa shape index (κ2) is 5.14. The molecule has 1 aromatic rings. The fourth-order valence-electron chi connectivity index (χ4n) is 1.72. The van der Waals surface area contributed by atoms with Crippen molar-refractivity contribution in [3.8, 4) is 11.5 Å². The number of nitrogens with one attached hydrogen (secondary N) is 1. The Morgan fingerprint density at radius 1 is 1.41 bits per heavy atom. The Morgan fingerprint density at radius 3 is 2.94 bits per heavy atom. The number of carbonyl (C=O) groups excluding carboxylic acids is 1. The number of ketones is 1. The number of rotatable bonds is 3. The predicted octanol–water partition coefficient (Wildman–Crippen LogP) is 1.39. The maximum absolute atomic E-state index is 13.7. The Hall–Kier alpha value is -1.62. The lowest BCUT2D eigenvalue weighted by molar-refractivity contribution is 0.0985. The number of hydrogen-bond donors (Lipinski definition) is 1. The van der Waals surface area contributed by atoms with Gasteiger partial charge in [-0.25, -0.2) is 4.39 Å². The van der Waals surface area contributed by atoms with Crippen LogP contribution in [0, 0.1) is 5.82 Å². The fourth-order valence-corrected chi connectivity index (χ4v) is 1.72.